The molecule has 2 rings (SSSR count). The molecule has 0 N–H and O–H groups in total. The van der Waals surface area contributed by atoms with Crippen molar-refractivity contribution in [3.8, 4) is 0 Å². The molecule has 1 aromatic heterocycles. The number of rotatable bonds is 2. The molecule has 1 aliphatic rings. The minimum atomic E-state index is 0.892. The lowest BCUT2D eigenvalue weighted by Crippen LogP contribution is -2.32. The number of hydrogen-bond acceptors (Lipinski definition) is 3. The Morgan fingerprint density at radius 2 is 1.93 bits per heavy atom. The van der Waals surface area contributed by atoms with E-state index in [0.29, 0.717) is 0 Å². The predicted molar refractivity (Wildman–Crippen MR) is 55.7 cm³/mol. The van der Waals surface area contributed by atoms with Crippen LogP contribution in [0.25, 0.3) is 0 Å². The summed E-state index contributed by atoms with van der Waals surface area (Å²) in [5.41, 5.74) is 0. The molecule has 3 nitrogen and oxygen atoms in total. The van der Waals surface area contributed by atoms with Crippen LogP contribution in [-0.2, 0) is 6.54 Å². The Morgan fingerprint density at radius 3 is 2.57 bits per heavy atom. The van der Waals surface area contributed by atoms with Gasteiger partial charge in [-0.2, -0.15) is 0 Å². The summed E-state index contributed by atoms with van der Waals surface area (Å²) in [4.78, 5) is 10.9. The van der Waals surface area contributed by atoms with Crippen LogP contribution in [0.2, 0.25) is 0 Å². The van der Waals surface area contributed by atoms with Gasteiger partial charge >= 0.3 is 0 Å². The third kappa shape index (κ3) is 2.51. The highest BCUT2D eigenvalue weighted by Crippen LogP contribution is 2.16. The Labute approximate surface area is 85.2 Å². The van der Waals surface area contributed by atoms with Crippen LogP contribution in [0.5, 0.6) is 0 Å². The third-order valence-corrected chi connectivity index (χ3v) is 2.86. The maximum atomic E-state index is 4.24. The Morgan fingerprint density at radius 1 is 1.29 bits per heavy atom. The topological polar surface area (TPSA) is 29.0 Å². The van der Waals surface area contributed by atoms with Crippen molar-refractivity contribution < 1.29 is 0 Å². The normalized spacial score (nSPS) is 19.8. The molecule has 1 aliphatic heterocycles. The van der Waals surface area contributed by atoms with E-state index in [-0.39, 0.29) is 0 Å². The number of likely N-dealkylation sites (tertiary alicyclic amines) is 1. The monoisotopic (exact) mass is 191 g/mol. The lowest BCUT2D eigenvalue weighted by molar-refractivity contribution is 0.181. The van der Waals surface area contributed by atoms with Crippen LogP contribution >= 0.6 is 0 Å². The predicted octanol–water partition coefficient (Wildman–Crippen LogP) is 1.71. The van der Waals surface area contributed by atoms with Crippen LogP contribution in [0.15, 0.2) is 18.5 Å². The van der Waals surface area contributed by atoms with E-state index in [1.54, 1.807) is 0 Å². The average Bonchev–Trinajstić information content (AvgIpc) is 2.23. The van der Waals surface area contributed by atoms with Crippen molar-refractivity contribution in [3.05, 3.63) is 24.3 Å². The Kier molecular flexibility index (Phi) is 3.09. The first-order valence-corrected chi connectivity index (χ1v) is 5.33. The molecule has 0 bridgehead atoms. The molecular formula is C11H17N3. The van der Waals surface area contributed by atoms with Gasteiger partial charge in [0, 0.05) is 12.4 Å². The Bertz CT molecular complexity index is 265. The van der Waals surface area contributed by atoms with E-state index in [1.807, 2.05) is 18.5 Å². The van der Waals surface area contributed by atoms with Gasteiger partial charge in [0.1, 0.15) is 5.82 Å². The first-order valence-electron chi connectivity index (χ1n) is 5.33. The van der Waals surface area contributed by atoms with Crippen LogP contribution < -0.4 is 0 Å². The van der Waals surface area contributed by atoms with Gasteiger partial charge in [0.2, 0.25) is 0 Å². The fraction of sp³-hybridized carbons (Fsp3) is 0.636. The van der Waals surface area contributed by atoms with Crippen LogP contribution in [0, 0.1) is 5.92 Å². The van der Waals surface area contributed by atoms with E-state index in [9.17, 15) is 0 Å². The largest absolute Gasteiger partial charge is 0.296 e. The number of hydrogen-bond donors (Lipinski definition) is 0. The van der Waals surface area contributed by atoms with Crippen LogP contribution in [-0.4, -0.2) is 28.0 Å². The molecule has 2 heterocycles. The summed E-state index contributed by atoms with van der Waals surface area (Å²) < 4.78 is 0. The summed E-state index contributed by atoms with van der Waals surface area (Å²) in [7, 11) is 0. The van der Waals surface area contributed by atoms with Gasteiger partial charge in [-0.05, 0) is 37.9 Å². The molecule has 0 aromatic carbocycles. The van der Waals surface area contributed by atoms with Crippen molar-refractivity contribution in [1.82, 2.24) is 14.9 Å². The highest BCUT2D eigenvalue weighted by atomic mass is 15.1. The standard InChI is InChI=1S/C11H17N3/c1-10-3-7-14(8-4-10)9-11-12-5-2-6-13-11/h2,5-6,10H,3-4,7-9H2,1H3. The second-order valence-corrected chi connectivity index (χ2v) is 4.12. The molecule has 76 valence electrons. The molecule has 0 spiro atoms. The second-order valence-electron chi connectivity index (χ2n) is 4.12. The van der Waals surface area contributed by atoms with Crippen LogP contribution in [0.4, 0.5) is 0 Å². The molecule has 3 heteroatoms. The van der Waals surface area contributed by atoms with Crippen molar-refractivity contribution in [2.24, 2.45) is 5.92 Å². The lowest BCUT2D eigenvalue weighted by atomic mass is 9.99. The van der Waals surface area contributed by atoms with Gasteiger partial charge in [-0.25, -0.2) is 9.97 Å². The summed E-state index contributed by atoms with van der Waals surface area (Å²) in [6, 6.07) is 1.86. The van der Waals surface area contributed by atoms with Gasteiger partial charge in [0.05, 0.1) is 6.54 Å². The zero-order valence-electron chi connectivity index (χ0n) is 8.69. The summed E-state index contributed by atoms with van der Waals surface area (Å²) in [5, 5.41) is 0. The molecule has 0 saturated carbocycles. The number of nitrogens with zero attached hydrogens (tertiary/aromatic N) is 3. The number of aromatic nitrogens is 2. The third-order valence-electron chi connectivity index (χ3n) is 2.86. The maximum Gasteiger partial charge on any atom is 0.142 e. The van der Waals surface area contributed by atoms with E-state index in [1.165, 1.54) is 25.9 Å². The summed E-state index contributed by atoms with van der Waals surface area (Å²) in [5.74, 6) is 1.84. The van der Waals surface area contributed by atoms with Gasteiger partial charge in [0.15, 0.2) is 0 Å². The molecule has 14 heavy (non-hydrogen) atoms. The fourth-order valence-electron chi connectivity index (χ4n) is 1.83. The van der Waals surface area contributed by atoms with Crippen molar-refractivity contribution in [2.75, 3.05) is 13.1 Å². The molecule has 1 aromatic rings. The van der Waals surface area contributed by atoms with Gasteiger partial charge in [-0.3, -0.25) is 4.90 Å². The second kappa shape index (κ2) is 4.51. The minimum Gasteiger partial charge on any atom is -0.296 e. The van der Waals surface area contributed by atoms with Crippen molar-refractivity contribution >= 4 is 0 Å². The SMILES string of the molecule is CC1CCN(Cc2ncccn2)CC1. The first kappa shape index (κ1) is 9.59. The maximum absolute atomic E-state index is 4.24. The summed E-state index contributed by atoms with van der Waals surface area (Å²) >= 11 is 0. The van der Waals surface area contributed by atoms with Crippen molar-refractivity contribution in [2.45, 2.75) is 26.3 Å². The summed E-state index contributed by atoms with van der Waals surface area (Å²) in [6.07, 6.45) is 6.25. The Hall–Kier alpha value is -0.960. The fourth-order valence-corrected chi connectivity index (χ4v) is 1.83. The zero-order chi connectivity index (χ0) is 9.80. The highest BCUT2D eigenvalue weighted by Gasteiger charge is 2.15. The summed E-state index contributed by atoms with van der Waals surface area (Å²) in [6.45, 7) is 5.63. The van der Waals surface area contributed by atoms with Gasteiger partial charge < -0.3 is 0 Å². The van der Waals surface area contributed by atoms with E-state index in [0.717, 1.165) is 18.3 Å². The lowest BCUT2D eigenvalue weighted by Gasteiger charge is -2.29. The zero-order valence-corrected chi connectivity index (χ0v) is 8.69. The molecule has 0 amide bonds. The average molecular weight is 191 g/mol. The van der Waals surface area contributed by atoms with Gasteiger partial charge in [-0.1, -0.05) is 6.92 Å². The minimum absolute atomic E-state index is 0.892. The molecule has 0 unspecified atom stereocenters. The van der Waals surface area contributed by atoms with E-state index < -0.39 is 0 Å². The van der Waals surface area contributed by atoms with Gasteiger partial charge in [0.25, 0.3) is 0 Å². The Balaban J connectivity index is 1.87. The molecule has 0 aliphatic carbocycles. The quantitative estimate of drug-likeness (QED) is 0.712. The van der Waals surface area contributed by atoms with Gasteiger partial charge in [-0.15, -0.1) is 0 Å². The molecule has 1 fully saturated rings. The van der Waals surface area contributed by atoms with Crippen LogP contribution in [0.1, 0.15) is 25.6 Å². The molecule has 0 radical (unpaired) electrons. The van der Waals surface area contributed by atoms with Crippen molar-refractivity contribution in [3.63, 3.8) is 0 Å². The van der Waals surface area contributed by atoms with E-state index >= 15 is 0 Å². The van der Waals surface area contributed by atoms with E-state index in [2.05, 4.69) is 21.8 Å². The smallest absolute Gasteiger partial charge is 0.142 e. The highest BCUT2D eigenvalue weighted by molar-refractivity contribution is 4.89. The first-order chi connectivity index (χ1) is 6.84. The van der Waals surface area contributed by atoms with Crippen molar-refractivity contribution in [1.29, 1.82) is 0 Å². The number of piperidine rings is 1. The van der Waals surface area contributed by atoms with Crippen LogP contribution in [0.3, 0.4) is 0 Å². The molecule has 1 saturated heterocycles. The molecule has 0 atom stereocenters. The van der Waals surface area contributed by atoms with E-state index in [4.69, 9.17) is 0 Å². The molecular weight excluding hydrogens is 174 g/mol.